The highest BCUT2D eigenvalue weighted by Crippen LogP contribution is 2.23. The van der Waals surface area contributed by atoms with Gasteiger partial charge >= 0.3 is 0 Å². The lowest BCUT2D eigenvalue weighted by Gasteiger charge is -2.10. The van der Waals surface area contributed by atoms with Gasteiger partial charge in [0.2, 0.25) is 0 Å². The number of nitro benzene ring substituents is 1. The molecule has 0 N–H and O–H groups in total. The fraction of sp³-hybridized carbons (Fsp3) is 0.300. The highest BCUT2D eigenvalue weighted by Gasteiger charge is 2.14. The molecule has 0 spiro atoms. The number of hydrogen-bond donors (Lipinski definition) is 0. The lowest BCUT2D eigenvalue weighted by molar-refractivity contribution is -0.385. The van der Waals surface area contributed by atoms with E-state index in [4.69, 9.17) is 16.3 Å². The largest absolute Gasteiger partial charge is 0.482 e. The van der Waals surface area contributed by atoms with E-state index in [9.17, 15) is 14.9 Å². The van der Waals surface area contributed by atoms with Gasteiger partial charge in [-0.05, 0) is 37.6 Å². The van der Waals surface area contributed by atoms with E-state index < -0.39 is 16.3 Å². The first-order chi connectivity index (χ1) is 7.41. The van der Waals surface area contributed by atoms with E-state index in [2.05, 4.69) is 0 Å². The van der Waals surface area contributed by atoms with Crippen molar-refractivity contribution in [2.45, 2.75) is 20.0 Å². The molecule has 1 aromatic rings. The zero-order chi connectivity index (χ0) is 12.3. The third-order valence-electron chi connectivity index (χ3n) is 2.00. The minimum atomic E-state index is -0.775. The molecule has 1 atom stereocenters. The van der Waals surface area contributed by atoms with E-state index in [1.54, 1.807) is 6.92 Å². The lowest BCUT2D eigenvalue weighted by Crippen LogP contribution is -2.18. The van der Waals surface area contributed by atoms with Crippen molar-refractivity contribution in [1.82, 2.24) is 0 Å². The molecule has 0 aliphatic rings. The van der Waals surface area contributed by atoms with Crippen molar-refractivity contribution >= 4 is 22.5 Å². The van der Waals surface area contributed by atoms with Gasteiger partial charge in [0.05, 0.1) is 4.92 Å². The van der Waals surface area contributed by atoms with Crippen molar-refractivity contribution in [2.75, 3.05) is 0 Å². The standard InChI is InChI=1S/C10H10ClNO4/c1-6-5-8(16-7(2)10(11)13)3-4-9(6)12(14)15/h3-5,7H,1-2H3/t7-/m0/s1. The number of carbonyl (C=O) groups excluding carboxylic acids is 1. The summed E-state index contributed by atoms with van der Waals surface area (Å²) < 4.78 is 5.19. The van der Waals surface area contributed by atoms with Crippen LogP contribution in [0.2, 0.25) is 0 Å². The molecule has 0 saturated heterocycles. The summed E-state index contributed by atoms with van der Waals surface area (Å²) >= 11 is 5.23. The molecule has 0 fully saturated rings. The predicted molar refractivity (Wildman–Crippen MR) is 58.8 cm³/mol. The molecule has 86 valence electrons. The summed E-state index contributed by atoms with van der Waals surface area (Å²) in [5, 5.41) is 9.94. The maximum Gasteiger partial charge on any atom is 0.272 e. The molecule has 5 nitrogen and oxygen atoms in total. The van der Waals surface area contributed by atoms with Crippen LogP contribution in [0.3, 0.4) is 0 Å². The Bertz CT molecular complexity index is 433. The summed E-state index contributed by atoms with van der Waals surface area (Å²) in [5.74, 6) is 0.379. The Kier molecular flexibility index (Phi) is 3.84. The van der Waals surface area contributed by atoms with Crippen molar-refractivity contribution in [1.29, 1.82) is 0 Å². The average molecular weight is 244 g/mol. The molecule has 0 aromatic heterocycles. The normalized spacial score (nSPS) is 11.9. The second kappa shape index (κ2) is 4.94. The molecule has 0 aliphatic heterocycles. The molecule has 16 heavy (non-hydrogen) atoms. The number of nitro groups is 1. The maximum atomic E-state index is 10.7. The average Bonchev–Trinajstić information content (AvgIpc) is 2.16. The first-order valence-electron chi connectivity index (χ1n) is 4.53. The molecule has 0 unspecified atom stereocenters. The summed E-state index contributed by atoms with van der Waals surface area (Å²) in [4.78, 5) is 20.8. The Hall–Kier alpha value is -1.62. The van der Waals surface area contributed by atoms with Crippen molar-refractivity contribution in [3.8, 4) is 5.75 Å². The highest BCUT2D eigenvalue weighted by atomic mass is 35.5. The third-order valence-corrected chi connectivity index (χ3v) is 2.30. The van der Waals surface area contributed by atoms with Crippen molar-refractivity contribution in [3.63, 3.8) is 0 Å². The topological polar surface area (TPSA) is 69.4 Å². The predicted octanol–water partition coefficient (Wildman–Crippen LogP) is 2.44. The Morgan fingerprint density at radius 1 is 1.56 bits per heavy atom. The van der Waals surface area contributed by atoms with Crippen LogP contribution in [0.5, 0.6) is 5.75 Å². The summed E-state index contributed by atoms with van der Waals surface area (Å²) in [5.41, 5.74) is 0.480. The molecule has 0 radical (unpaired) electrons. The fourth-order valence-corrected chi connectivity index (χ4v) is 1.20. The van der Waals surface area contributed by atoms with E-state index in [0.29, 0.717) is 11.3 Å². The number of hydrogen-bond acceptors (Lipinski definition) is 4. The summed E-state index contributed by atoms with van der Waals surface area (Å²) in [6, 6.07) is 4.26. The van der Waals surface area contributed by atoms with Gasteiger partial charge in [-0.3, -0.25) is 14.9 Å². The summed E-state index contributed by atoms with van der Waals surface area (Å²) in [6.07, 6.45) is -0.775. The first-order valence-corrected chi connectivity index (χ1v) is 4.90. The fourth-order valence-electron chi connectivity index (χ4n) is 1.16. The highest BCUT2D eigenvalue weighted by molar-refractivity contribution is 6.64. The Labute approximate surface area is 97.1 Å². The maximum absolute atomic E-state index is 10.7. The SMILES string of the molecule is Cc1cc(O[C@@H](C)C(=O)Cl)ccc1[N+](=O)[O-]. The van der Waals surface area contributed by atoms with Crippen LogP contribution >= 0.6 is 11.6 Å². The quantitative estimate of drug-likeness (QED) is 0.463. The van der Waals surface area contributed by atoms with Crippen LogP contribution in [0.15, 0.2) is 18.2 Å². The second-order valence-corrected chi connectivity index (χ2v) is 3.64. The number of carbonyl (C=O) groups is 1. The molecule has 6 heteroatoms. The van der Waals surface area contributed by atoms with Crippen LogP contribution in [0.25, 0.3) is 0 Å². The number of rotatable bonds is 4. The molecule has 1 rings (SSSR count). The van der Waals surface area contributed by atoms with Gasteiger partial charge in [-0.2, -0.15) is 0 Å². The monoisotopic (exact) mass is 243 g/mol. The van der Waals surface area contributed by atoms with Crippen molar-refractivity contribution in [2.24, 2.45) is 0 Å². The van der Waals surface area contributed by atoms with Crippen molar-refractivity contribution in [3.05, 3.63) is 33.9 Å². The smallest absolute Gasteiger partial charge is 0.272 e. The van der Waals surface area contributed by atoms with Crippen LogP contribution in [-0.4, -0.2) is 16.3 Å². The molecule has 0 saturated carbocycles. The van der Waals surface area contributed by atoms with Crippen LogP contribution in [-0.2, 0) is 4.79 Å². The van der Waals surface area contributed by atoms with E-state index >= 15 is 0 Å². The Morgan fingerprint density at radius 2 is 2.19 bits per heavy atom. The number of aryl methyl sites for hydroxylation is 1. The zero-order valence-corrected chi connectivity index (χ0v) is 9.52. The van der Waals surface area contributed by atoms with Gasteiger partial charge in [0.25, 0.3) is 10.9 Å². The van der Waals surface area contributed by atoms with Gasteiger partial charge in [0, 0.05) is 11.6 Å². The molecule has 0 bridgehead atoms. The molecular weight excluding hydrogens is 234 g/mol. The van der Waals surface area contributed by atoms with Crippen molar-refractivity contribution < 1.29 is 14.5 Å². The summed E-state index contributed by atoms with van der Waals surface area (Å²) in [6.45, 7) is 3.10. The third kappa shape index (κ3) is 2.93. The van der Waals surface area contributed by atoms with Gasteiger partial charge in [0.15, 0.2) is 6.10 Å². The Balaban J connectivity index is 2.89. The number of nitrogens with zero attached hydrogens (tertiary/aromatic N) is 1. The zero-order valence-electron chi connectivity index (χ0n) is 8.77. The van der Waals surface area contributed by atoms with E-state index in [0.717, 1.165) is 0 Å². The second-order valence-electron chi connectivity index (χ2n) is 3.27. The van der Waals surface area contributed by atoms with E-state index in [1.807, 2.05) is 0 Å². The van der Waals surface area contributed by atoms with Crippen LogP contribution in [0.1, 0.15) is 12.5 Å². The van der Waals surface area contributed by atoms with Gasteiger partial charge < -0.3 is 4.74 Å². The number of halogens is 1. The van der Waals surface area contributed by atoms with E-state index in [-0.39, 0.29) is 5.69 Å². The lowest BCUT2D eigenvalue weighted by atomic mass is 10.2. The molecule has 0 amide bonds. The minimum absolute atomic E-state index is 0.0113. The van der Waals surface area contributed by atoms with Gasteiger partial charge in [-0.15, -0.1) is 0 Å². The van der Waals surface area contributed by atoms with Crippen LogP contribution in [0, 0.1) is 17.0 Å². The number of benzene rings is 1. The Morgan fingerprint density at radius 3 is 2.62 bits per heavy atom. The van der Waals surface area contributed by atoms with Gasteiger partial charge in [-0.1, -0.05) is 0 Å². The number of ether oxygens (including phenoxy) is 1. The molecule has 0 heterocycles. The van der Waals surface area contributed by atoms with Gasteiger partial charge in [-0.25, -0.2) is 0 Å². The molecule has 0 aliphatic carbocycles. The van der Waals surface area contributed by atoms with Crippen LogP contribution < -0.4 is 4.74 Å². The minimum Gasteiger partial charge on any atom is -0.482 e. The molecule has 1 aromatic carbocycles. The van der Waals surface area contributed by atoms with Gasteiger partial charge in [0.1, 0.15) is 5.75 Å². The molecular formula is C10H10ClNO4. The first kappa shape index (κ1) is 12.4. The van der Waals surface area contributed by atoms with E-state index in [1.165, 1.54) is 25.1 Å². The van der Waals surface area contributed by atoms with Crippen LogP contribution in [0.4, 0.5) is 5.69 Å². The summed E-state index contributed by atoms with van der Waals surface area (Å²) in [7, 11) is 0.